The normalized spacial score (nSPS) is 14.2. The number of aromatic nitrogens is 1. The first kappa shape index (κ1) is 22.6. The number of thiazole rings is 1. The summed E-state index contributed by atoms with van der Waals surface area (Å²) in [6.45, 7) is 1.85. The lowest BCUT2D eigenvalue weighted by molar-refractivity contribution is -0.121. The molecule has 1 aliphatic rings. The Labute approximate surface area is 208 Å². The van der Waals surface area contributed by atoms with Gasteiger partial charge in [-0.3, -0.25) is 4.79 Å². The van der Waals surface area contributed by atoms with Crippen LogP contribution >= 0.6 is 22.7 Å². The van der Waals surface area contributed by atoms with Gasteiger partial charge in [-0.1, -0.05) is 36.4 Å². The first-order valence-corrected chi connectivity index (χ1v) is 13.2. The monoisotopic (exact) mass is 489 g/mol. The van der Waals surface area contributed by atoms with Crippen LogP contribution in [0.1, 0.15) is 17.7 Å². The fourth-order valence-electron chi connectivity index (χ4n) is 4.28. The van der Waals surface area contributed by atoms with Crippen molar-refractivity contribution in [1.82, 2.24) is 10.3 Å². The number of carbonyl (C=O) groups is 1. The molecule has 1 N–H and O–H groups in total. The number of ether oxygens (including phenoxy) is 1. The van der Waals surface area contributed by atoms with Gasteiger partial charge in [0, 0.05) is 35.3 Å². The fraction of sp³-hybridized carbons (Fsp3) is 0.259. The number of benzene rings is 2. The Hall–Kier alpha value is -3.16. The van der Waals surface area contributed by atoms with Crippen molar-refractivity contribution >= 4 is 34.3 Å². The van der Waals surface area contributed by atoms with E-state index in [-0.39, 0.29) is 11.9 Å². The standard InChI is InChI=1S/C27H27N3O2S2/c1-32-22-11-9-21(10-12-22)30-15-13-20(14-16-30)28-25(31)18-24-26(23-8-5-17-33-23)29-27(34-24)19-6-3-2-4-7-19/h2-12,17,20H,13-16,18H2,1H3,(H,28,31). The molecule has 5 rings (SSSR count). The number of anilines is 1. The number of piperidine rings is 1. The molecule has 1 aliphatic heterocycles. The van der Waals surface area contributed by atoms with Crippen LogP contribution in [0, 0.1) is 0 Å². The number of methoxy groups -OCH3 is 1. The molecule has 174 valence electrons. The zero-order valence-corrected chi connectivity index (χ0v) is 20.7. The number of rotatable bonds is 7. The number of carbonyl (C=O) groups excluding carboxylic acids is 1. The quantitative estimate of drug-likeness (QED) is 0.352. The van der Waals surface area contributed by atoms with Gasteiger partial charge in [0.25, 0.3) is 0 Å². The molecule has 34 heavy (non-hydrogen) atoms. The van der Waals surface area contributed by atoms with Gasteiger partial charge in [0.05, 0.1) is 24.1 Å². The number of amides is 1. The summed E-state index contributed by atoms with van der Waals surface area (Å²) in [7, 11) is 1.68. The minimum Gasteiger partial charge on any atom is -0.497 e. The van der Waals surface area contributed by atoms with Crippen LogP contribution in [0.3, 0.4) is 0 Å². The van der Waals surface area contributed by atoms with Crippen LogP contribution in [-0.4, -0.2) is 37.1 Å². The van der Waals surface area contributed by atoms with Gasteiger partial charge in [-0.25, -0.2) is 4.98 Å². The lowest BCUT2D eigenvalue weighted by atomic mass is 10.0. The van der Waals surface area contributed by atoms with Crippen LogP contribution < -0.4 is 15.0 Å². The van der Waals surface area contributed by atoms with Crippen LogP contribution in [0.5, 0.6) is 5.75 Å². The Balaban J connectivity index is 1.23. The van der Waals surface area contributed by atoms with E-state index in [2.05, 4.69) is 45.9 Å². The van der Waals surface area contributed by atoms with Crippen molar-refractivity contribution in [1.29, 1.82) is 0 Å². The molecule has 0 radical (unpaired) electrons. The smallest absolute Gasteiger partial charge is 0.225 e. The van der Waals surface area contributed by atoms with Gasteiger partial charge >= 0.3 is 0 Å². The molecule has 1 fully saturated rings. The van der Waals surface area contributed by atoms with Crippen LogP contribution in [0.4, 0.5) is 5.69 Å². The second-order valence-electron chi connectivity index (χ2n) is 8.34. The molecule has 0 aliphatic carbocycles. The summed E-state index contributed by atoms with van der Waals surface area (Å²) < 4.78 is 5.26. The maximum Gasteiger partial charge on any atom is 0.225 e. The van der Waals surface area contributed by atoms with Gasteiger partial charge in [-0.15, -0.1) is 22.7 Å². The summed E-state index contributed by atoms with van der Waals surface area (Å²) in [4.78, 5) is 22.4. The molecule has 1 saturated heterocycles. The minimum atomic E-state index is 0.0731. The molecule has 1 amide bonds. The van der Waals surface area contributed by atoms with Gasteiger partial charge in [0.1, 0.15) is 10.8 Å². The number of hydrogen-bond acceptors (Lipinski definition) is 6. The van der Waals surface area contributed by atoms with E-state index in [4.69, 9.17) is 9.72 Å². The first-order chi connectivity index (χ1) is 16.7. The third kappa shape index (κ3) is 5.16. The van der Waals surface area contributed by atoms with Crippen molar-refractivity contribution in [3.8, 4) is 26.9 Å². The van der Waals surface area contributed by atoms with E-state index < -0.39 is 0 Å². The molecule has 3 heterocycles. The number of nitrogens with one attached hydrogen (secondary N) is 1. The van der Waals surface area contributed by atoms with E-state index in [9.17, 15) is 4.79 Å². The zero-order chi connectivity index (χ0) is 23.3. The average Bonchev–Trinajstić information content (AvgIpc) is 3.55. The van der Waals surface area contributed by atoms with Crippen molar-refractivity contribution in [2.24, 2.45) is 0 Å². The number of nitrogens with zero attached hydrogens (tertiary/aromatic N) is 2. The third-order valence-corrected chi connectivity index (χ3v) is 8.07. The molecule has 4 aromatic rings. The molecule has 0 bridgehead atoms. The van der Waals surface area contributed by atoms with Crippen molar-refractivity contribution in [3.63, 3.8) is 0 Å². The molecular formula is C27H27N3O2S2. The lowest BCUT2D eigenvalue weighted by Crippen LogP contribution is -2.45. The highest BCUT2D eigenvalue weighted by Crippen LogP contribution is 2.36. The van der Waals surface area contributed by atoms with E-state index in [1.165, 1.54) is 5.69 Å². The van der Waals surface area contributed by atoms with Crippen molar-refractivity contribution < 1.29 is 9.53 Å². The Bertz CT molecular complexity index is 1210. The molecule has 2 aromatic carbocycles. The summed E-state index contributed by atoms with van der Waals surface area (Å²) in [6.07, 6.45) is 2.23. The van der Waals surface area contributed by atoms with E-state index in [0.29, 0.717) is 6.42 Å². The molecule has 0 spiro atoms. The summed E-state index contributed by atoms with van der Waals surface area (Å²) in [5.74, 6) is 0.940. The predicted molar refractivity (Wildman–Crippen MR) is 141 cm³/mol. The summed E-state index contributed by atoms with van der Waals surface area (Å²) in [5, 5.41) is 6.29. The summed E-state index contributed by atoms with van der Waals surface area (Å²) >= 11 is 3.28. The molecule has 0 atom stereocenters. The van der Waals surface area contributed by atoms with Gasteiger partial charge in [-0.2, -0.15) is 0 Å². The number of thiophene rings is 1. The molecule has 2 aromatic heterocycles. The summed E-state index contributed by atoms with van der Waals surface area (Å²) in [6, 6.07) is 22.7. The van der Waals surface area contributed by atoms with E-state index in [1.54, 1.807) is 29.8 Å². The van der Waals surface area contributed by atoms with Crippen molar-refractivity contribution in [3.05, 3.63) is 77.0 Å². The molecule has 7 heteroatoms. The summed E-state index contributed by atoms with van der Waals surface area (Å²) in [5.41, 5.74) is 3.22. The van der Waals surface area contributed by atoms with Crippen LogP contribution in [-0.2, 0) is 11.2 Å². The molecule has 0 saturated carbocycles. The van der Waals surface area contributed by atoms with Crippen molar-refractivity contribution in [2.45, 2.75) is 25.3 Å². The Morgan fingerprint density at radius 3 is 2.50 bits per heavy atom. The second kappa shape index (κ2) is 10.4. The van der Waals surface area contributed by atoms with Crippen LogP contribution in [0.15, 0.2) is 72.1 Å². The van der Waals surface area contributed by atoms with Gasteiger partial charge in [0.15, 0.2) is 0 Å². The highest BCUT2D eigenvalue weighted by molar-refractivity contribution is 7.17. The fourth-order valence-corrected chi connectivity index (χ4v) is 6.17. The zero-order valence-electron chi connectivity index (χ0n) is 19.1. The van der Waals surface area contributed by atoms with Crippen molar-refractivity contribution in [2.75, 3.05) is 25.1 Å². The van der Waals surface area contributed by atoms with Gasteiger partial charge in [0.2, 0.25) is 5.91 Å². The maximum atomic E-state index is 13.0. The van der Waals surface area contributed by atoms with Crippen LogP contribution in [0.2, 0.25) is 0 Å². The Kier molecular flexibility index (Phi) is 6.92. The highest BCUT2D eigenvalue weighted by Gasteiger charge is 2.23. The van der Waals surface area contributed by atoms with E-state index >= 15 is 0 Å². The van der Waals surface area contributed by atoms with E-state index in [0.717, 1.165) is 57.7 Å². The number of hydrogen-bond donors (Lipinski definition) is 1. The average molecular weight is 490 g/mol. The molecular weight excluding hydrogens is 462 g/mol. The predicted octanol–water partition coefficient (Wildman–Crippen LogP) is 5.87. The lowest BCUT2D eigenvalue weighted by Gasteiger charge is -2.34. The first-order valence-electron chi connectivity index (χ1n) is 11.5. The molecule has 5 nitrogen and oxygen atoms in total. The topological polar surface area (TPSA) is 54.5 Å². The van der Waals surface area contributed by atoms with E-state index in [1.807, 2.05) is 36.4 Å². The SMILES string of the molecule is COc1ccc(N2CCC(NC(=O)Cc3sc(-c4ccccc4)nc3-c3cccs3)CC2)cc1. The Morgan fingerprint density at radius 1 is 1.06 bits per heavy atom. The molecule has 0 unspecified atom stereocenters. The van der Waals surface area contributed by atoms with Crippen LogP contribution in [0.25, 0.3) is 21.1 Å². The highest BCUT2D eigenvalue weighted by atomic mass is 32.1. The van der Waals surface area contributed by atoms with Gasteiger partial charge < -0.3 is 15.0 Å². The third-order valence-electron chi connectivity index (χ3n) is 6.09. The minimum absolute atomic E-state index is 0.0731. The second-order valence-corrected chi connectivity index (χ2v) is 10.4. The van der Waals surface area contributed by atoms with Gasteiger partial charge in [-0.05, 0) is 48.6 Å². The largest absolute Gasteiger partial charge is 0.497 e. The maximum absolute atomic E-state index is 13.0. The Morgan fingerprint density at radius 2 is 1.82 bits per heavy atom.